The molecular formula is C19H27N3O3. The first-order valence-corrected chi connectivity index (χ1v) is 9.41. The second-order valence-corrected chi connectivity index (χ2v) is 7.49. The lowest BCUT2D eigenvalue weighted by molar-refractivity contribution is -0.0890. The van der Waals surface area contributed by atoms with Gasteiger partial charge in [-0.2, -0.15) is 0 Å². The quantitative estimate of drug-likeness (QED) is 0.832. The molecule has 0 N–H and O–H groups in total. The van der Waals surface area contributed by atoms with E-state index >= 15 is 0 Å². The SMILES string of the molecule is O=C(c1cccnc1)N1CCOC[C@]2(CC[C@@H](CN3CCCC3)O2)C1. The fourth-order valence-corrected chi connectivity index (χ4v) is 4.25. The molecule has 3 fully saturated rings. The molecule has 1 spiro atoms. The van der Waals surface area contributed by atoms with Crippen LogP contribution in [0.2, 0.25) is 0 Å². The minimum absolute atomic E-state index is 0.0181. The zero-order valence-electron chi connectivity index (χ0n) is 14.7. The van der Waals surface area contributed by atoms with Crippen LogP contribution in [-0.4, -0.2) is 78.3 Å². The van der Waals surface area contributed by atoms with E-state index in [4.69, 9.17) is 9.47 Å². The number of amides is 1. The molecule has 136 valence electrons. The van der Waals surface area contributed by atoms with Gasteiger partial charge in [0.05, 0.1) is 31.4 Å². The summed E-state index contributed by atoms with van der Waals surface area (Å²) in [7, 11) is 0. The van der Waals surface area contributed by atoms with Crippen molar-refractivity contribution < 1.29 is 14.3 Å². The van der Waals surface area contributed by atoms with Crippen molar-refractivity contribution in [3.05, 3.63) is 30.1 Å². The molecule has 2 atom stereocenters. The summed E-state index contributed by atoms with van der Waals surface area (Å²) in [4.78, 5) is 21.3. The number of hydrogen-bond donors (Lipinski definition) is 0. The molecule has 0 aromatic carbocycles. The molecule has 4 heterocycles. The highest BCUT2D eigenvalue weighted by Crippen LogP contribution is 2.34. The molecule has 25 heavy (non-hydrogen) atoms. The predicted octanol–water partition coefficient (Wildman–Crippen LogP) is 1.57. The Hall–Kier alpha value is -1.50. The second kappa shape index (κ2) is 7.40. The molecule has 6 nitrogen and oxygen atoms in total. The Kier molecular flexibility index (Phi) is 5.01. The third-order valence-corrected chi connectivity index (χ3v) is 5.54. The van der Waals surface area contributed by atoms with E-state index < -0.39 is 0 Å². The van der Waals surface area contributed by atoms with E-state index in [0.717, 1.165) is 19.4 Å². The Labute approximate surface area is 149 Å². The van der Waals surface area contributed by atoms with Gasteiger partial charge in [-0.3, -0.25) is 9.78 Å². The van der Waals surface area contributed by atoms with Crippen LogP contribution in [0.3, 0.4) is 0 Å². The lowest BCUT2D eigenvalue weighted by Crippen LogP contribution is -2.47. The summed E-state index contributed by atoms with van der Waals surface area (Å²) in [5, 5.41) is 0. The Morgan fingerprint density at radius 1 is 1.32 bits per heavy atom. The van der Waals surface area contributed by atoms with Crippen LogP contribution in [0.25, 0.3) is 0 Å². The first-order valence-electron chi connectivity index (χ1n) is 9.41. The molecule has 3 aliphatic heterocycles. The van der Waals surface area contributed by atoms with Crippen molar-refractivity contribution in [2.45, 2.75) is 37.4 Å². The first-order chi connectivity index (χ1) is 12.2. The van der Waals surface area contributed by atoms with Crippen LogP contribution < -0.4 is 0 Å². The van der Waals surface area contributed by atoms with Crippen LogP contribution in [0.5, 0.6) is 0 Å². The highest BCUT2D eigenvalue weighted by Gasteiger charge is 2.44. The second-order valence-electron chi connectivity index (χ2n) is 7.49. The van der Waals surface area contributed by atoms with E-state index in [1.165, 1.54) is 25.9 Å². The number of carbonyl (C=O) groups is 1. The van der Waals surface area contributed by atoms with Gasteiger partial charge in [-0.05, 0) is 50.9 Å². The molecule has 1 aromatic rings. The van der Waals surface area contributed by atoms with Gasteiger partial charge in [0.1, 0.15) is 5.60 Å². The van der Waals surface area contributed by atoms with Crippen LogP contribution >= 0.6 is 0 Å². The summed E-state index contributed by atoms with van der Waals surface area (Å²) in [6.45, 7) is 5.75. The highest BCUT2D eigenvalue weighted by molar-refractivity contribution is 5.93. The average Bonchev–Trinajstić information content (AvgIpc) is 3.23. The zero-order valence-corrected chi connectivity index (χ0v) is 14.7. The van der Waals surface area contributed by atoms with E-state index in [1.807, 2.05) is 11.0 Å². The minimum Gasteiger partial charge on any atom is -0.377 e. The van der Waals surface area contributed by atoms with Gasteiger partial charge in [-0.15, -0.1) is 0 Å². The van der Waals surface area contributed by atoms with Gasteiger partial charge in [0.15, 0.2) is 0 Å². The van der Waals surface area contributed by atoms with E-state index in [1.54, 1.807) is 18.5 Å². The Morgan fingerprint density at radius 3 is 3.00 bits per heavy atom. The van der Waals surface area contributed by atoms with Crippen LogP contribution in [-0.2, 0) is 9.47 Å². The lowest BCUT2D eigenvalue weighted by Gasteiger charge is -2.32. The number of aromatic nitrogens is 1. The molecule has 4 rings (SSSR count). The fraction of sp³-hybridized carbons (Fsp3) is 0.684. The summed E-state index contributed by atoms with van der Waals surface area (Å²) in [6.07, 6.45) is 8.19. The lowest BCUT2D eigenvalue weighted by atomic mass is 9.99. The Balaban J connectivity index is 1.42. The van der Waals surface area contributed by atoms with Gasteiger partial charge in [0.25, 0.3) is 5.91 Å². The van der Waals surface area contributed by atoms with Gasteiger partial charge in [0.2, 0.25) is 0 Å². The molecule has 1 aromatic heterocycles. The maximum Gasteiger partial charge on any atom is 0.255 e. The maximum atomic E-state index is 12.8. The minimum atomic E-state index is -0.348. The summed E-state index contributed by atoms with van der Waals surface area (Å²) in [5.74, 6) is 0.0181. The van der Waals surface area contributed by atoms with Crippen molar-refractivity contribution in [1.29, 1.82) is 0 Å². The van der Waals surface area contributed by atoms with Crippen molar-refractivity contribution in [3.63, 3.8) is 0 Å². The van der Waals surface area contributed by atoms with E-state index in [0.29, 0.717) is 31.9 Å². The normalized spacial score (nSPS) is 30.7. The fourth-order valence-electron chi connectivity index (χ4n) is 4.25. The van der Waals surface area contributed by atoms with Crippen molar-refractivity contribution in [2.75, 3.05) is 45.9 Å². The monoisotopic (exact) mass is 345 g/mol. The third-order valence-electron chi connectivity index (χ3n) is 5.54. The first kappa shape index (κ1) is 16.9. The van der Waals surface area contributed by atoms with Crippen molar-refractivity contribution in [3.8, 4) is 0 Å². The summed E-state index contributed by atoms with van der Waals surface area (Å²) < 4.78 is 12.3. The third kappa shape index (κ3) is 3.86. The molecule has 0 unspecified atom stereocenters. The number of nitrogens with zero attached hydrogens (tertiary/aromatic N) is 3. The maximum absolute atomic E-state index is 12.8. The predicted molar refractivity (Wildman–Crippen MR) is 93.5 cm³/mol. The summed E-state index contributed by atoms with van der Waals surface area (Å²) in [5.41, 5.74) is 0.282. The van der Waals surface area contributed by atoms with Crippen molar-refractivity contribution in [1.82, 2.24) is 14.8 Å². The summed E-state index contributed by atoms with van der Waals surface area (Å²) in [6, 6.07) is 3.62. The molecule has 3 aliphatic rings. The van der Waals surface area contributed by atoms with E-state index in [2.05, 4.69) is 9.88 Å². The standard InChI is InChI=1S/C19H27N3O3/c23-18(16-4-3-7-20-12-16)22-10-11-24-15-19(14-22)6-5-17(25-19)13-21-8-1-2-9-21/h3-4,7,12,17H,1-2,5-6,8-11,13-15H2/t17-,19-/m0/s1. The highest BCUT2D eigenvalue weighted by atomic mass is 16.6. The number of pyridine rings is 1. The van der Waals surface area contributed by atoms with Crippen LogP contribution in [0.15, 0.2) is 24.5 Å². The van der Waals surface area contributed by atoms with Crippen molar-refractivity contribution in [2.24, 2.45) is 0 Å². The zero-order chi connectivity index (χ0) is 17.1. The van der Waals surface area contributed by atoms with Gasteiger partial charge in [0, 0.05) is 25.5 Å². The van der Waals surface area contributed by atoms with Crippen molar-refractivity contribution >= 4 is 5.91 Å². The molecule has 3 saturated heterocycles. The Bertz CT molecular complexity index is 591. The van der Waals surface area contributed by atoms with Gasteiger partial charge >= 0.3 is 0 Å². The molecular weight excluding hydrogens is 318 g/mol. The van der Waals surface area contributed by atoms with Gasteiger partial charge in [-0.1, -0.05) is 0 Å². The number of hydrogen-bond acceptors (Lipinski definition) is 5. The van der Waals surface area contributed by atoms with Crippen LogP contribution in [0.1, 0.15) is 36.0 Å². The van der Waals surface area contributed by atoms with Gasteiger partial charge in [-0.25, -0.2) is 0 Å². The van der Waals surface area contributed by atoms with E-state index in [-0.39, 0.29) is 17.6 Å². The molecule has 0 saturated carbocycles. The Morgan fingerprint density at radius 2 is 2.20 bits per heavy atom. The van der Waals surface area contributed by atoms with E-state index in [9.17, 15) is 4.79 Å². The average molecular weight is 345 g/mol. The molecule has 6 heteroatoms. The van der Waals surface area contributed by atoms with Crippen LogP contribution in [0.4, 0.5) is 0 Å². The smallest absolute Gasteiger partial charge is 0.255 e. The number of ether oxygens (including phenoxy) is 2. The number of rotatable bonds is 3. The topological polar surface area (TPSA) is 54.9 Å². The number of carbonyl (C=O) groups excluding carboxylic acids is 1. The number of likely N-dealkylation sites (tertiary alicyclic amines) is 1. The van der Waals surface area contributed by atoms with Gasteiger partial charge < -0.3 is 19.3 Å². The van der Waals surface area contributed by atoms with Crippen LogP contribution in [0, 0.1) is 0 Å². The molecule has 0 aliphatic carbocycles. The molecule has 0 bridgehead atoms. The molecule has 1 amide bonds. The largest absolute Gasteiger partial charge is 0.377 e. The molecule has 0 radical (unpaired) electrons. The summed E-state index contributed by atoms with van der Waals surface area (Å²) >= 11 is 0.